The van der Waals surface area contributed by atoms with Crippen molar-refractivity contribution in [2.24, 2.45) is 0 Å². The molecular formula is C15H14BrF2NO. The van der Waals surface area contributed by atoms with Crippen LogP contribution >= 0.6 is 15.9 Å². The Morgan fingerprint density at radius 3 is 2.30 bits per heavy atom. The molecule has 20 heavy (non-hydrogen) atoms. The van der Waals surface area contributed by atoms with Crippen LogP contribution in [0.15, 0.2) is 34.8 Å². The lowest BCUT2D eigenvalue weighted by Crippen LogP contribution is -2.10. The maximum atomic E-state index is 13.8. The summed E-state index contributed by atoms with van der Waals surface area (Å²) in [4.78, 5) is 0. The topological polar surface area (TPSA) is 32.3 Å². The van der Waals surface area contributed by atoms with Crippen LogP contribution in [-0.4, -0.2) is 5.11 Å². The fraction of sp³-hybridized carbons (Fsp3) is 0.200. The predicted octanol–water partition coefficient (Wildman–Crippen LogP) is 4.91. The van der Waals surface area contributed by atoms with Gasteiger partial charge >= 0.3 is 0 Å². The third kappa shape index (κ3) is 3.10. The normalized spacial score (nSPS) is 12.2. The molecule has 2 aromatic rings. The minimum absolute atomic E-state index is 0.0999. The SMILES string of the molecule is Cc1ccc(C(C)Nc2c(F)cc(Br)cc2F)c(O)c1. The number of nitrogens with one attached hydrogen (secondary N) is 1. The van der Waals surface area contributed by atoms with Crippen molar-refractivity contribution in [3.8, 4) is 5.75 Å². The lowest BCUT2D eigenvalue weighted by molar-refractivity contribution is 0.464. The molecule has 2 N–H and O–H groups in total. The summed E-state index contributed by atoms with van der Waals surface area (Å²) in [5.41, 5.74) is 1.29. The number of halogens is 3. The summed E-state index contributed by atoms with van der Waals surface area (Å²) in [5.74, 6) is -1.27. The first-order chi connectivity index (χ1) is 9.38. The smallest absolute Gasteiger partial charge is 0.150 e. The summed E-state index contributed by atoms with van der Waals surface area (Å²) in [6.07, 6.45) is 0. The van der Waals surface area contributed by atoms with Crippen molar-refractivity contribution in [3.63, 3.8) is 0 Å². The first kappa shape index (κ1) is 14.8. The largest absolute Gasteiger partial charge is 0.508 e. The van der Waals surface area contributed by atoms with Gasteiger partial charge in [0.2, 0.25) is 0 Å². The van der Waals surface area contributed by atoms with Crippen molar-refractivity contribution in [1.29, 1.82) is 0 Å². The Balaban J connectivity index is 2.30. The van der Waals surface area contributed by atoms with E-state index in [1.807, 2.05) is 13.0 Å². The summed E-state index contributed by atoms with van der Waals surface area (Å²) in [6.45, 7) is 3.58. The third-order valence-electron chi connectivity index (χ3n) is 3.02. The summed E-state index contributed by atoms with van der Waals surface area (Å²) < 4.78 is 27.9. The molecule has 5 heteroatoms. The molecule has 0 aliphatic carbocycles. The van der Waals surface area contributed by atoms with E-state index in [0.717, 1.165) is 5.56 Å². The van der Waals surface area contributed by atoms with Crippen LogP contribution in [-0.2, 0) is 0 Å². The van der Waals surface area contributed by atoms with Gasteiger partial charge in [-0.1, -0.05) is 28.1 Å². The fourth-order valence-corrected chi connectivity index (χ4v) is 2.40. The highest BCUT2D eigenvalue weighted by Gasteiger charge is 2.16. The molecule has 0 bridgehead atoms. The van der Waals surface area contributed by atoms with Crippen LogP contribution < -0.4 is 5.32 Å². The van der Waals surface area contributed by atoms with Gasteiger partial charge in [0.25, 0.3) is 0 Å². The van der Waals surface area contributed by atoms with E-state index in [0.29, 0.717) is 10.0 Å². The average molecular weight is 342 g/mol. The predicted molar refractivity (Wildman–Crippen MR) is 78.9 cm³/mol. The van der Waals surface area contributed by atoms with Crippen molar-refractivity contribution in [2.45, 2.75) is 19.9 Å². The van der Waals surface area contributed by atoms with E-state index < -0.39 is 17.7 Å². The highest BCUT2D eigenvalue weighted by atomic mass is 79.9. The maximum absolute atomic E-state index is 13.8. The van der Waals surface area contributed by atoms with Gasteiger partial charge in [-0.2, -0.15) is 0 Å². The van der Waals surface area contributed by atoms with Crippen molar-refractivity contribution < 1.29 is 13.9 Å². The molecule has 0 aliphatic rings. The van der Waals surface area contributed by atoms with Crippen LogP contribution in [0.25, 0.3) is 0 Å². The molecule has 1 atom stereocenters. The zero-order chi connectivity index (χ0) is 14.9. The lowest BCUT2D eigenvalue weighted by Gasteiger charge is -2.18. The molecule has 0 saturated heterocycles. The number of aromatic hydroxyl groups is 1. The number of phenolic OH excluding ortho intramolecular Hbond substituents is 1. The van der Waals surface area contributed by atoms with E-state index in [9.17, 15) is 13.9 Å². The molecule has 0 amide bonds. The monoisotopic (exact) mass is 341 g/mol. The van der Waals surface area contributed by atoms with Gasteiger partial charge in [0.15, 0.2) is 0 Å². The zero-order valence-electron chi connectivity index (χ0n) is 11.0. The van der Waals surface area contributed by atoms with Gasteiger partial charge in [-0.05, 0) is 37.6 Å². The number of phenols is 1. The number of rotatable bonds is 3. The van der Waals surface area contributed by atoms with E-state index in [1.165, 1.54) is 12.1 Å². The Labute approximate surface area is 124 Å². The molecule has 2 aromatic carbocycles. The molecule has 0 saturated carbocycles. The quantitative estimate of drug-likeness (QED) is 0.830. The average Bonchev–Trinajstić information content (AvgIpc) is 2.33. The van der Waals surface area contributed by atoms with Crippen LogP contribution in [0.5, 0.6) is 5.75 Å². The van der Waals surface area contributed by atoms with E-state index in [-0.39, 0.29) is 11.4 Å². The van der Waals surface area contributed by atoms with Gasteiger partial charge < -0.3 is 10.4 Å². The number of benzene rings is 2. The molecule has 106 valence electrons. The van der Waals surface area contributed by atoms with E-state index in [4.69, 9.17) is 0 Å². The summed E-state index contributed by atoms with van der Waals surface area (Å²) in [6, 6.07) is 7.13. The first-order valence-corrected chi connectivity index (χ1v) is 6.88. The Morgan fingerprint density at radius 1 is 1.15 bits per heavy atom. The minimum atomic E-state index is -0.685. The number of hydrogen-bond acceptors (Lipinski definition) is 2. The van der Waals surface area contributed by atoms with Gasteiger partial charge in [0.1, 0.15) is 23.1 Å². The molecule has 2 nitrogen and oxygen atoms in total. The third-order valence-corrected chi connectivity index (χ3v) is 3.48. The van der Waals surface area contributed by atoms with Gasteiger partial charge in [-0.15, -0.1) is 0 Å². The Bertz CT molecular complexity index is 623. The van der Waals surface area contributed by atoms with E-state index >= 15 is 0 Å². The van der Waals surface area contributed by atoms with Crippen molar-refractivity contribution >= 4 is 21.6 Å². The van der Waals surface area contributed by atoms with E-state index in [2.05, 4.69) is 21.2 Å². The number of aryl methyl sites for hydroxylation is 1. The standard InChI is InChI=1S/C15H14BrF2NO/c1-8-3-4-11(14(20)5-8)9(2)19-15-12(17)6-10(16)7-13(15)18/h3-7,9,19-20H,1-2H3. The summed E-state index contributed by atoms with van der Waals surface area (Å²) >= 11 is 3.03. The second-order valence-corrected chi connectivity index (χ2v) is 5.59. The molecular weight excluding hydrogens is 328 g/mol. The number of anilines is 1. The molecule has 0 aliphatic heterocycles. The van der Waals surface area contributed by atoms with Gasteiger partial charge in [-0.25, -0.2) is 8.78 Å². The van der Waals surface area contributed by atoms with Crippen LogP contribution in [0.2, 0.25) is 0 Å². The van der Waals surface area contributed by atoms with Crippen LogP contribution in [0, 0.1) is 18.6 Å². The van der Waals surface area contributed by atoms with Crippen molar-refractivity contribution in [1.82, 2.24) is 0 Å². The maximum Gasteiger partial charge on any atom is 0.150 e. The Hall–Kier alpha value is -1.62. The van der Waals surface area contributed by atoms with E-state index in [1.54, 1.807) is 19.1 Å². The lowest BCUT2D eigenvalue weighted by atomic mass is 10.0. The van der Waals surface area contributed by atoms with Gasteiger partial charge in [0, 0.05) is 10.0 Å². The number of hydrogen-bond donors (Lipinski definition) is 2. The summed E-state index contributed by atoms with van der Waals surface area (Å²) in [5, 5.41) is 12.6. The molecule has 0 spiro atoms. The van der Waals surface area contributed by atoms with Gasteiger partial charge in [0.05, 0.1) is 6.04 Å². The van der Waals surface area contributed by atoms with Gasteiger partial charge in [-0.3, -0.25) is 0 Å². The molecule has 0 heterocycles. The van der Waals surface area contributed by atoms with Crippen LogP contribution in [0.3, 0.4) is 0 Å². The first-order valence-electron chi connectivity index (χ1n) is 6.09. The summed E-state index contributed by atoms with van der Waals surface area (Å²) in [7, 11) is 0. The van der Waals surface area contributed by atoms with Crippen molar-refractivity contribution in [3.05, 3.63) is 57.6 Å². The van der Waals surface area contributed by atoms with Crippen LogP contribution in [0.4, 0.5) is 14.5 Å². The molecule has 0 fully saturated rings. The molecule has 1 unspecified atom stereocenters. The molecule has 0 radical (unpaired) electrons. The van der Waals surface area contributed by atoms with Crippen molar-refractivity contribution in [2.75, 3.05) is 5.32 Å². The van der Waals surface area contributed by atoms with Crippen LogP contribution in [0.1, 0.15) is 24.1 Å². The minimum Gasteiger partial charge on any atom is -0.508 e. The molecule has 2 rings (SSSR count). The second kappa shape index (κ2) is 5.79. The highest BCUT2D eigenvalue weighted by molar-refractivity contribution is 9.10. The Kier molecular flexibility index (Phi) is 4.28. The highest BCUT2D eigenvalue weighted by Crippen LogP contribution is 2.31. The second-order valence-electron chi connectivity index (χ2n) is 4.67. The Morgan fingerprint density at radius 2 is 1.75 bits per heavy atom. The molecule has 0 aromatic heterocycles. The zero-order valence-corrected chi connectivity index (χ0v) is 12.6. The fourth-order valence-electron chi connectivity index (χ4n) is 1.99.